The molecule has 0 spiro atoms. The maximum absolute atomic E-state index is 13.3. The van der Waals surface area contributed by atoms with Crippen LogP contribution < -0.4 is 0 Å². The molecule has 0 saturated heterocycles. The molecule has 0 aromatic heterocycles. The molecule has 0 aromatic rings. The molecule has 1 unspecified atom stereocenters. The molecule has 0 N–H and O–H groups in total. The first kappa shape index (κ1) is 20.0. The quantitative estimate of drug-likeness (QED) is 0.520. The smallest absolute Gasteiger partial charge is 0.308 e. The van der Waals surface area contributed by atoms with Crippen LogP contribution in [0.5, 0.6) is 0 Å². The summed E-state index contributed by atoms with van der Waals surface area (Å²) in [5, 5.41) is 0. The summed E-state index contributed by atoms with van der Waals surface area (Å²) >= 11 is 0. The lowest BCUT2D eigenvalue weighted by molar-refractivity contribution is -0.118. The molecule has 0 aliphatic heterocycles. The van der Waals surface area contributed by atoms with E-state index in [0.29, 0.717) is 0 Å². The van der Waals surface area contributed by atoms with Gasteiger partial charge in [0.05, 0.1) is 26.4 Å². The van der Waals surface area contributed by atoms with Gasteiger partial charge >= 0.3 is 15.2 Å². The molecular weight excluding hydrogens is 330 g/mol. The maximum atomic E-state index is 13.3. The number of carbonyl (C=O) groups is 1. The van der Waals surface area contributed by atoms with Crippen molar-refractivity contribution in [2.75, 3.05) is 26.4 Å². The van der Waals surface area contributed by atoms with Crippen LogP contribution in [0.2, 0.25) is 0 Å². The first-order chi connectivity index (χ1) is 10.3. The van der Waals surface area contributed by atoms with Crippen LogP contribution in [0.3, 0.4) is 0 Å². The zero-order chi connectivity index (χ0) is 17.0. The van der Waals surface area contributed by atoms with Crippen LogP contribution in [-0.2, 0) is 32.0 Å². The van der Waals surface area contributed by atoms with E-state index in [9.17, 15) is 13.9 Å². The predicted octanol–water partition coefficient (Wildman–Crippen LogP) is 3.82. The predicted molar refractivity (Wildman–Crippen MR) is 83.2 cm³/mol. The third-order valence-electron chi connectivity index (χ3n) is 3.54. The van der Waals surface area contributed by atoms with Crippen LogP contribution in [-0.4, -0.2) is 37.1 Å². The summed E-state index contributed by atoms with van der Waals surface area (Å²) in [4.78, 5) is 10.3. The second kappa shape index (κ2) is 7.69. The number of carbonyl (C=O) groups excluding carboxylic acids is 1. The highest BCUT2D eigenvalue weighted by molar-refractivity contribution is 7.75. The Morgan fingerprint density at radius 3 is 1.41 bits per heavy atom. The van der Waals surface area contributed by atoms with Crippen LogP contribution in [0, 0.1) is 5.92 Å². The molecule has 0 bridgehead atoms. The third kappa shape index (κ3) is 3.26. The van der Waals surface area contributed by atoms with Gasteiger partial charge in [0, 0.05) is 5.92 Å². The van der Waals surface area contributed by atoms with E-state index < -0.39 is 26.0 Å². The number of ketones is 1. The fraction of sp³-hybridized carbons (Fsp3) is 0.923. The Bertz CT molecular complexity index is 441. The normalized spacial score (nSPS) is 20.9. The average molecular weight is 356 g/mol. The van der Waals surface area contributed by atoms with Crippen molar-refractivity contribution >= 4 is 21.0 Å². The Morgan fingerprint density at radius 2 is 1.23 bits per heavy atom. The van der Waals surface area contributed by atoms with E-state index in [0.717, 1.165) is 0 Å². The first-order valence-corrected chi connectivity index (χ1v) is 10.7. The highest BCUT2D eigenvalue weighted by Gasteiger charge is 2.80. The lowest BCUT2D eigenvalue weighted by Crippen LogP contribution is -2.23. The van der Waals surface area contributed by atoms with E-state index in [1.165, 1.54) is 6.92 Å². The number of hydrogen-bond donors (Lipinski definition) is 0. The van der Waals surface area contributed by atoms with E-state index in [1.54, 1.807) is 27.7 Å². The van der Waals surface area contributed by atoms with Gasteiger partial charge in [0.25, 0.3) is 0 Å². The Balaban J connectivity index is 3.40. The first-order valence-electron chi connectivity index (χ1n) is 7.57. The monoisotopic (exact) mass is 356 g/mol. The second-order valence-corrected chi connectivity index (χ2v) is 9.88. The Kier molecular flexibility index (Phi) is 7.00. The Morgan fingerprint density at radius 1 is 0.909 bits per heavy atom. The summed E-state index contributed by atoms with van der Waals surface area (Å²) < 4.78 is 48.0. The standard InChI is InChI=1S/C13H26O7P2/c1-6-17-21(15,18-7-2)13(10-12(13)11(5)14)22(16,19-8-3)20-9-4/h12H,6-10H2,1-5H3. The van der Waals surface area contributed by atoms with Gasteiger partial charge in [-0.15, -0.1) is 0 Å². The van der Waals surface area contributed by atoms with Gasteiger partial charge in [0.15, 0.2) is 4.90 Å². The van der Waals surface area contributed by atoms with Crippen LogP contribution in [0.15, 0.2) is 0 Å². The molecule has 1 aliphatic rings. The summed E-state index contributed by atoms with van der Waals surface area (Å²) in [5.74, 6) is -0.931. The van der Waals surface area contributed by atoms with Gasteiger partial charge in [-0.3, -0.25) is 13.9 Å². The minimum Gasteiger partial charge on any atom is -0.308 e. The molecule has 1 aliphatic carbocycles. The maximum Gasteiger partial charge on any atom is 0.349 e. The molecule has 130 valence electrons. The Hall–Kier alpha value is -0.0300. The van der Waals surface area contributed by atoms with E-state index >= 15 is 0 Å². The molecule has 1 rings (SSSR count). The topological polar surface area (TPSA) is 88.1 Å². The molecule has 0 heterocycles. The fourth-order valence-electron chi connectivity index (χ4n) is 2.67. The highest BCUT2D eigenvalue weighted by Crippen LogP contribution is 2.89. The summed E-state index contributed by atoms with van der Waals surface area (Å²) in [7, 11) is -7.67. The van der Waals surface area contributed by atoms with Crippen molar-refractivity contribution in [2.24, 2.45) is 5.92 Å². The third-order valence-corrected chi connectivity index (χ3v) is 10.3. The molecule has 22 heavy (non-hydrogen) atoms. The molecule has 1 fully saturated rings. The molecule has 9 heteroatoms. The van der Waals surface area contributed by atoms with Gasteiger partial charge in [-0.2, -0.15) is 0 Å². The minimum absolute atomic E-state index is 0.113. The van der Waals surface area contributed by atoms with Crippen molar-refractivity contribution in [1.82, 2.24) is 0 Å². The van der Waals surface area contributed by atoms with Crippen LogP contribution in [0.1, 0.15) is 41.0 Å². The average Bonchev–Trinajstić information content (AvgIpc) is 3.17. The van der Waals surface area contributed by atoms with Crippen LogP contribution in [0.25, 0.3) is 0 Å². The van der Waals surface area contributed by atoms with Crippen molar-refractivity contribution in [2.45, 2.75) is 45.9 Å². The van der Waals surface area contributed by atoms with E-state index in [1.807, 2.05) is 0 Å². The zero-order valence-corrected chi connectivity index (χ0v) is 15.7. The molecule has 1 atom stereocenters. The summed E-state index contributed by atoms with van der Waals surface area (Å²) in [6.45, 7) is 8.48. The van der Waals surface area contributed by atoms with Crippen LogP contribution >= 0.6 is 15.2 Å². The van der Waals surface area contributed by atoms with Crippen molar-refractivity contribution in [3.05, 3.63) is 0 Å². The summed E-state index contributed by atoms with van der Waals surface area (Å²) in [6.07, 6.45) is 0.122. The fourth-order valence-corrected chi connectivity index (χ4v) is 8.90. The van der Waals surface area contributed by atoms with E-state index in [2.05, 4.69) is 0 Å². The largest absolute Gasteiger partial charge is 0.349 e. The number of hydrogen-bond acceptors (Lipinski definition) is 7. The van der Waals surface area contributed by atoms with E-state index in [4.69, 9.17) is 18.1 Å². The lowest BCUT2D eigenvalue weighted by atomic mass is 10.3. The second-order valence-electron chi connectivity index (χ2n) is 4.91. The van der Waals surface area contributed by atoms with Gasteiger partial charge in [0.1, 0.15) is 5.78 Å². The SMILES string of the molecule is CCOP(=O)(OCC)C1(P(=O)(OCC)OCC)CC1C(C)=O. The van der Waals surface area contributed by atoms with Crippen molar-refractivity contribution < 1.29 is 32.0 Å². The van der Waals surface area contributed by atoms with Crippen LogP contribution in [0.4, 0.5) is 0 Å². The van der Waals surface area contributed by atoms with Crippen molar-refractivity contribution in [3.63, 3.8) is 0 Å². The van der Waals surface area contributed by atoms with Gasteiger partial charge in [0.2, 0.25) is 0 Å². The van der Waals surface area contributed by atoms with Gasteiger partial charge in [-0.05, 0) is 41.0 Å². The molecule has 1 saturated carbocycles. The van der Waals surface area contributed by atoms with Gasteiger partial charge in [-0.25, -0.2) is 0 Å². The van der Waals surface area contributed by atoms with Gasteiger partial charge in [-0.1, -0.05) is 0 Å². The summed E-state index contributed by atoms with van der Waals surface area (Å²) in [6, 6.07) is 0. The molecule has 0 radical (unpaired) electrons. The zero-order valence-electron chi connectivity index (χ0n) is 13.9. The molecular formula is C13H26O7P2. The highest BCUT2D eigenvalue weighted by atomic mass is 31.2. The minimum atomic E-state index is -3.84. The van der Waals surface area contributed by atoms with Crippen molar-refractivity contribution in [1.29, 1.82) is 0 Å². The van der Waals surface area contributed by atoms with Gasteiger partial charge < -0.3 is 18.1 Å². The number of rotatable bonds is 11. The van der Waals surface area contributed by atoms with E-state index in [-0.39, 0.29) is 38.6 Å². The lowest BCUT2D eigenvalue weighted by Gasteiger charge is -2.32. The van der Waals surface area contributed by atoms with Crippen molar-refractivity contribution in [3.8, 4) is 0 Å². The summed E-state index contributed by atoms with van der Waals surface area (Å²) in [5.41, 5.74) is 0. The molecule has 7 nitrogen and oxygen atoms in total. The number of Topliss-reactive ketones (excluding diaryl/α,β-unsaturated/α-hetero) is 1. The molecule has 0 aromatic carbocycles. The molecule has 0 amide bonds. The Labute approximate surface area is 132 Å².